The third-order valence-electron chi connectivity index (χ3n) is 3.25. The molecule has 3 rings (SSSR count). The van der Waals surface area contributed by atoms with Gasteiger partial charge in [0.1, 0.15) is 0 Å². The second kappa shape index (κ2) is 3.84. The van der Waals surface area contributed by atoms with Crippen LogP contribution in [0.2, 0.25) is 0 Å². The number of thioether (sulfide) groups is 1. The molecule has 0 radical (unpaired) electrons. The predicted octanol–water partition coefficient (Wildman–Crippen LogP) is 3.29. The topological polar surface area (TPSA) is 12.0 Å². The molecule has 1 nitrogen and oxygen atoms in total. The highest BCUT2D eigenvalue weighted by Crippen LogP contribution is 2.46. The van der Waals surface area contributed by atoms with Gasteiger partial charge >= 0.3 is 0 Å². The SMILES string of the molecule is CC1CNC(c2ccccc2C2CC2)S1. The number of nitrogens with one attached hydrogen (secondary N) is 1. The van der Waals surface area contributed by atoms with E-state index in [0.29, 0.717) is 5.37 Å². The summed E-state index contributed by atoms with van der Waals surface area (Å²) in [7, 11) is 0. The number of rotatable bonds is 2. The van der Waals surface area contributed by atoms with Gasteiger partial charge in [-0.15, -0.1) is 11.8 Å². The molecule has 2 heteroatoms. The minimum atomic E-state index is 0.539. The summed E-state index contributed by atoms with van der Waals surface area (Å²) < 4.78 is 0. The van der Waals surface area contributed by atoms with Crippen LogP contribution in [0.5, 0.6) is 0 Å². The smallest absolute Gasteiger partial charge is 0.0795 e. The molecule has 0 amide bonds. The van der Waals surface area contributed by atoms with Gasteiger partial charge in [0.25, 0.3) is 0 Å². The zero-order valence-electron chi connectivity index (χ0n) is 9.07. The van der Waals surface area contributed by atoms with E-state index in [0.717, 1.165) is 17.7 Å². The molecule has 80 valence electrons. The van der Waals surface area contributed by atoms with Crippen LogP contribution in [0.3, 0.4) is 0 Å². The lowest BCUT2D eigenvalue weighted by Gasteiger charge is -2.15. The Balaban J connectivity index is 1.89. The van der Waals surface area contributed by atoms with Crippen LogP contribution in [-0.2, 0) is 0 Å². The minimum absolute atomic E-state index is 0.539. The highest BCUT2D eigenvalue weighted by atomic mass is 32.2. The summed E-state index contributed by atoms with van der Waals surface area (Å²) in [5.74, 6) is 0.861. The van der Waals surface area contributed by atoms with E-state index < -0.39 is 0 Å². The van der Waals surface area contributed by atoms with Gasteiger partial charge in [0, 0.05) is 11.8 Å². The van der Waals surface area contributed by atoms with Crippen LogP contribution in [0, 0.1) is 0 Å². The first-order chi connectivity index (χ1) is 7.34. The molecule has 1 aromatic carbocycles. The van der Waals surface area contributed by atoms with Crippen LogP contribution in [0.4, 0.5) is 0 Å². The fourth-order valence-electron chi connectivity index (χ4n) is 2.30. The maximum absolute atomic E-state index is 3.61. The van der Waals surface area contributed by atoms with E-state index in [1.54, 1.807) is 5.56 Å². The Kier molecular flexibility index (Phi) is 2.49. The van der Waals surface area contributed by atoms with E-state index in [-0.39, 0.29) is 0 Å². The summed E-state index contributed by atoms with van der Waals surface area (Å²) in [6, 6.07) is 8.97. The quantitative estimate of drug-likeness (QED) is 0.819. The monoisotopic (exact) mass is 219 g/mol. The molecule has 2 aliphatic rings. The molecule has 1 aliphatic carbocycles. The van der Waals surface area contributed by atoms with Gasteiger partial charge in [0.05, 0.1) is 5.37 Å². The molecule has 2 atom stereocenters. The lowest BCUT2D eigenvalue weighted by atomic mass is 10.0. The fourth-order valence-corrected chi connectivity index (χ4v) is 3.51. The van der Waals surface area contributed by atoms with Gasteiger partial charge in [-0.2, -0.15) is 0 Å². The van der Waals surface area contributed by atoms with Crippen LogP contribution < -0.4 is 5.32 Å². The van der Waals surface area contributed by atoms with Crippen molar-refractivity contribution in [3.8, 4) is 0 Å². The molecule has 0 aromatic heterocycles. The molecule has 2 unspecified atom stereocenters. The number of hydrogen-bond donors (Lipinski definition) is 1. The van der Waals surface area contributed by atoms with Gasteiger partial charge in [-0.1, -0.05) is 31.2 Å². The Labute approximate surface area is 95.6 Å². The first kappa shape index (κ1) is 9.73. The maximum atomic E-state index is 3.61. The van der Waals surface area contributed by atoms with Gasteiger partial charge in [-0.25, -0.2) is 0 Å². The molecule has 1 heterocycles. The zero-order chi connectivity index (χ0) is 10.3. The van der Waals surface area contributed by atoms with E-state index in [1.165, 1.54) is 18.4 Å². The molecule has 15 heavy (non-hydrogen) atoms. The molecular weight excluding hydrogens is 202 g/mol. The predicted molar refractivity (Wildman–Crippen MR) is 66.2 cm³/mol. The lowest BCUT2D eigenvalue weighted by molar-refractivity contribution is 0.712. The van der Waals surface area contributed by atoms with Crippen molar-refractivity contribution in [1.29, 1.82) is 0 Å². The van der Waals surface area contributed by atoms with E-state index >= 15 is 0 Å². The first-order valence-electron chi connectivity index (χ1n) is 5.82. The van der Waals surface area contributed by atoms with Crippen LogP contribution in [-0.4, -0.2) is 11.8 Å². The maximum Gasteiger partial charge on any atom is 0.0795 e. The van der Waals surface area contributed by atoms with E-state index in [1.807, 2.05) is 0 Å². The Bertz CT molecular complexity index is 359. The molecule has 0 bridgehead atoms. The van der Waals surface area contributed by atoms with Crippen LogP contribution in [0.25, 0.3) is 0 Å². The van der Waals surface area contributed by atoms with Gasteiger partial charge in [-0.3, -0.25) is 0 Å². The van der Waals surface area contributed by atoms with E-state index in [9.17, 15) is 0 Å². The first-order valence-corrected chi connectivity index (χ1v) is 6.76. The molecule has 1 aliphatic heterocycles. The third-order valence-corrected chi connectivity index (χ3v) is 4.58. The van der Waals surface area contributed by atoms with E-state index in [2.05, 4.69) is 48.3 Å². The van der Waals surface area contributed by atoms with Gasteiger partial charge < -0.3 is 5.32 Å². The summed E-state index contributed by atoms with van der Waals surface area (Å²) in [6.07, 6.45) is 2.79. The van der Waals surface area contributed by atoms with Crippen molar-refractivity contribution in [1.82, 2.24) is 5.32 Å². The van der Waals surface area contributed by atoms with Crippen molar-refractivity contribution in [2.45, 2.75) is 36.3 Å². The average Bonchev–Trinajstić information content (AvgIpc) is 3.02. The summed E-state index contributed by atoms with van der Waals surface area (Å²) in [5.41, 5.74) is 3.13. The minimum Gasteiger partial charge on any atom is -0.301 e. The molecular formula is C13H17NS. The van der Waals surface area contributed by atoms with Crippen molar-refractivity contribution < 1.29 is 0 Å². The third kappa shape index (κ3) is 1.93. The Hall–Kier alpha value is -0.470. The Morgan fingerprint density at radius 3 is 2.53 bits per heavy atom. The largest absolute Gasteiger partial charge is 0.301 e. The van der Waals surface area contributed by atoms with Crippen molar-refractivity contribution in [3.63, 3.8) is 0 Å². The molecule has 1 aromatic rings. The van der Waals surface area contributed by atoms with Crippen LogP contribution in [0.1, 0.15) is 42.2 Å². The Morgan fingerprint density at radius 2 is 1.93 bits per heavy atom. The second-order valence-corrected chi connectivity index (χ2v) is 6.19. The Morgan fingerprint density at radius 1 is 1.20 bits per heavy atom. The number of benzene rings is 1. The van der Waals surface area contributed by atoms with Crippen molar-refractivity contribution in [3.05, 3.63) is 35.4 Å². The molecule has 2 fully saturated rings. The van der Waals surface area contributed by atoms with Gasteiger partial charge in [-0.05, 0) is 29.9 Å². The van der Waals surface area contributed by atoms with Crippen molar-refractivity contribution in [2.24, 2.45) is 0 Å². The molecule has 0 spiro atoms. The molecule has 1 saturated heterocycles. The van der Waals surface area contributed by atoms with Gasteiger partial charge in [0.2, 0.25) is 0 Å². The fraction of sp³-hybridized carbons (Fsp3) is 0.538. The highest BCUT2D eigenvalue weighted by molar-refractivity contribution is 8.00. The normalized spacial score (nSPS) is 30.7. The van der Waals surface area contributed by atoms with Gasteiger partial charge in [0.15, 0.2) is 0 Å². The summed E-state index contributed by atoms with van der Waals surface area (Å²) >= 11 is 2.07. The zero-order valence-corrected chi connectivity index (χ0v) is 9.89. The molecule has 1 N–H and O–H groups in total. The summed E-state index contributed by atoms with van der Waals surface area (Å²) in [5, 5.41) is 4.90. The molecule has 1 saturated carbocycles. The standard InChI is InChI=1S/C13H17NS/c1-9-8-14-13(15-9)12-5-3-2-4-11(12)10-6-7-10/h2-5,9-10,13-14H,6-8H2,1H3. The van der Waals surface area contributed by atoms with Crippen molar-refractivity contribution in [2.75, 3.05) is 6.54 Å². The van der Waals surface area contributed by atoms with Crippen LogP contribution in [0.15, 0.2) is 24.3 Å². The second-order valence-electron chi connectivity index (χ2n) is 4.64. The average molecular weight is 219 g/mol. The van der Waals surface area contributed by atoms with Crippen molar-refractivity contribution >= 4 is 11.8 Å². The van der Waals surface area contributed by atoms with Crippen LogP contribution >= 0.6 is 11.8 Å². The highest BCUT2D eigenvalue weighted by Gasteiger charge is 2.30. The number of hydrogen-bond acceptors (Lipinski definition) is 2. The van der Waals surface area contributed by atoms with E-state index in [4.69, 9.17) is 0 Å². The summed E-state index contributed by atoms with van der Waals surface area (Å²) in [6.45, 7) is 3.45. The lowest BCUT2D eigenvalue weighted by Crippen LogP contribution is -2.14. The summed E-state index contributed by atoms with van der Waals surface area (Å²) in [4.78, 5) is 0.